The van der Waals surface area contributed by atoms with E-state index in [1.54, 1.807) is 17.6 Å². The Morgan fingerprint density at radius 3 is 3.00 bits per heavy atom. The van der Waals surface area contributed by atoms with Gasteiger partial charge in [0.15, 0.2) is 5.71 Å². The number of benzene rings is 1. The second-order valence-corrected chi connectivity index (χ2v) is 5.19. The molecule has 2 aromatic rings. The molecule has 0 bridgehead atoms. The summed E-state index contributed by atoms with van der Waals surface area (Å²) in [6.45, 7) is 1.98. The Labute approximate surface area is 114 Å². The topological polar surface area (TPSA) is 53.8 Å². The van der Waals surface area contributed by atoms with Gasteiger partial charge in [0.05, 0.1) is 11.9 Å². The van der Waals surface area contributed by atoms with Gasteiger partial charge in [0.2, 0.25) is 0 Å². The van der Waals surface area contributed by atoms with Crippen molar-refractivity contribution in [3.05, 3.63) is 51.7 Å². The van der Waals surface area contributed by atoms with Crippen molar-refractivity contribution in [3.8, 4) is 0 Å². The lowest BCUT2D eigenvalue weighted by atomic mass is 10.1. The highest BCUT2D eigenvalue weighted by molar-refractivity contribution is 7.11. The molecule has 94 valence electrons. The predicted octanol–water partition coefficient (Wildman–Crippen LogP) is 2.83. The Bertz CT molecular complexity index is 687. The third-order valence-corrected chi connectivity index (χ3v) is 3.59. The number of nitrogens with zero attached hydrogens (tertiary/aromatic N) is 2. The Hall–Kier alpha value is -2.27. The number of amides is 1. The zero-order chi connectivity index (χ0) is 13.2. The molecule has 0 aliphatic carbocycles. The third kappa shape index (κ3) is 2.32. The molecule has 1 aromatic heterocycles. The van der Waals surface area contributed by atoms with Crippen molar-refractivity contribution in [2.45, 2.75) is 6.92 Å². The molecule has 0 fully saturated rings. The van der Waals surface area contributed by atoms with E-state index in [1.165, 1.54) is 0 Å². The molecule has 0 unspecified atom stereocenters. The molecule has 1 aliphatic heterocycles. The van der Waals surface area contributed by atoms with Crippen LogP contribution in [-0.2, 0) is 4.79 Å². The maximum absolute atomic E-state index is 11.8. The lowest BCUT2D eigenvalue weighted by Gasteiger charge is -1.97. The van der Waals surface area contributed by atoms with Crippen LogP contribution >= 0.6 is 11.3 Å². The summed E-state index contributed by atoms with van der Waals surface area (Å²) in [7, 11) is 0. The van der Waals surface area contributed by atoms with Crippen molar-refractivity contribution in [2.24, 2.45) is 10.2 Å². The summed E-state index contributed by atoms with van der Waals surface area (Å²) in [6, 6.07) is 9.67. The molecule has 0 radical (unpaired) electrons. The molecule has 1 amide bonds. The van der Waals surface area contributed by atoms with Crippen LogP contribution < -0.4 is 5.32 Å². The summed E-state index contributed by atoms with van der Waals surface area (Å²) in [5.74, 6) is -0.205. The Balaban J connectivity index is 1.93. The van der Waals surface area contributed by atoms with E-state index in [0.29, 0.717) is 5.71 Å². The van der Waals surface area contributed by atoms with Gasteiger partial charge in [-0.2, -0.15) is 5.10 Å². The molecule has 3 rings (SSSR count). The molecule has 1 N–H and O–H groups in total. The molecular formula is C14H11N3OS. The molecule has 0 saturated carbocycles. The number of rotatable bonds is 2. The van der Waals surface area contributed by atoms with Gasteiger partial charge >= 0.3 is 0 Å². The number of carbonyl (C=O) groups excluding carboxylic acids is 1. The number of fused-ring (bicyclic) bond motifs is 1. The Morgan fingerprint density at radius 2 is 2.21 bits per heavy atom. The zero-order valence-corrected chi connectivity index (χ0v) is 11.1. The van der Waals surface area contributed by atoms with E-state index in [9.17, 15) is 4.79 Å². The van der Waals surface area contributed by atoms with Gasteiger partial charge in [-0.15, -0.1) is 16.4 Å². The van der Waals surface area contributed by atoms with Gasteiger partial charge in [0, 0.05) is 10.4 Å². The average Bonchev–Trinajstić information content (AvgIpc) is 2.99. The minimum Gasteiger partial charge on any atom is -0.320 e. The van der Waals surface area contributed by atoms with Crippen LogP contribution in [0.4, 0.5) is 5.69 Å². The highest BCUT2D eigenvalue weighted by Gasteiger charge is 2.25. The van der Waals surface area contributed by atoms with E-state index in [0.717, 1.165) is 21.7 Å². The number of hydrogen-bond donors (Lipinski definition) is 1. The second kappa shape index (κ2) is 4.78. The average molecular weight is 269 g/mol. The Kier molecular flexibility index (Phi) is 2.97. The first-order valence-corrected chi connectivity index (χ1v) is 6.69. The molecule has 0 saturated heterocycles. The fourth-order valence-corrected chi connectivity index (χ4v) is 2.45. The largest absolute Gasteiger partial charge is 0.320 e. The first-order valence-electron chi connectivity index (χ1n) is 5.81. The maximum Gasteiger partial charge on any atom is 0.276 e. The van der Waals surface area contributed by atoms with Gasteiger partial charge in [-0.3, -0.25) is 4.79 Å². The van der Waals surface area contributed by atoms with E-state index in [2.05, 4.69) is 15.5 Å². The SMILES string of the molecule is Cc1ccc2c(c1)/C(=N/N=C/c1cccs1)C(=O)N2. The van der Waals surface area contributed by atoms with Crippen LogP contribution in [0, 0.1) is 6.92 Å². The van der Waals surface area contributed by atoms with Crippen molar-refractivity contribution < 1.29 is 4.79 Å². The molecule has 4 nitrogen and oxygen atoms in total. The summed E-state index contributed by atoms with van der Waals surface area (Å²) in [4.78, 5) is 12.8. The summed E-state index contributed by atoms with van der Waals surface area (Å²) in [5, 5.41) is 12.8. The number of carbonyl (C=O) groups is 1. The van der Waals surface area contributed by atoms with Crippen LogP contribution in [0.1, 0.15) is 16.0 Å². The smallest absolute Gasteiger partial charge is 0.276 e. The van der Waals surface area contributed by atoms with Crippen LogP contribution in [-0.4, -0.2) is 17.8 Å². The van der Waals surface area contributed by atoms with E-state index >= 15 is 0 Å². The van der Waals surface area contributed by atoms with Crippen LogP contribution in [0.3, 0.4) is 0 Å². The molecule has 19 heavy (non-hydrogen) atoms. The molecular weight excluding hydrogens is 258 g/mol. The van der Waals surface area contributed by atoms with Crippen LogP contribution in [0.15, 0.2) is 45.9 Å². The van der Waals surface area contributed by atoms with Gasteiger partial charge in [0.1, 0.15) is 0 Å². The standard InChI is InChI=1S/C14H11N3OS/c1-9-4-5-12-11(7-9)13(14(18)16-12)17-15-8-10-3-2-6-19-10/h2-8H,1H3,(H,16,17,18)/b15-8+. The summed E-state index contributed by atoms with van der Waals surface area (Å²) in [5.41, 5.74) is 3.06. The third-order valence-electron chi connectivity index (χ3n) is 2.78. The fourth-order valence-electron chi connectivity index (χ4n) is 1.87. The first kappa shape index (κ1) is 11.8. The molecule has 1 aromatic carbocycles. The lowest BCUT2D eigenvalue weighted by molar-refractivity contribution is -0.110. The van der Waals surface area contributed by atoms with Crippen molar-refractivity contribution in [1.29, 1.82) is 0 Å². The summed E-state index contributed by atoms with van der Waals surface area (Å²) >= 11 is 1.58. The van der Waals surface area contributed by atoms with E-state index in [-0.39, 0.29) is 5.91 Å². The molecule has 5 heteroatoms. The first-order chi connectivity index (χ1) is 9.24. The van der Waals surface area contributed by atoms with Gasteiger partial charge in [0.25, 0.3) is 5.91 Å². The zero-order valence-electron chi connectivity index (χ0n) is 10.3. The molecule has 0 atom stereocenters. The Morgan fingerprint density at radius 1 is 1.32 bits per heavy atom. The van der Waals surface area contributed by atoms with Crippen molar-refractivity contribution >= 4 is 34.9 Å². The van der Waals surface area contributed by atoms with E-state index < -0.39 is 0 Å². The number of anilines is 1. The fraction of sp³-hybridized carbons (Fsp3) is 0.0714. The number of aryl methyl sites for hydroxylation is 1. The van der Waals surface area contributed by atoms with E-state index in [4.69, 9.17) is 0 Å². The summed E-state index contributed by atoms with van der Waals surface area (Å²) in [6.07, 6.45) is 1.65. The number of hydrogen-bond acceptors (Lipinski definition) is 4. The van der Waals surface area contributed by atoms with Crippen LogP contribution in [0.2, 0.25) is 0 Å². The monoisotopic (exact) mass is 269 g/mol. The highest BCUT2D eigenvalue weighted by Crippen LogP contribution is 2.24. The second-order valence-electron chi connectivity index (χ2n) is 4.21. The molecule has 0 spiro atoms. The van der Waals surface area contributed by atoms with Gasteiger partial charge < -0.3 is 5.32 Å². The minimum absolute atomic E-state index is 0.205. The molecule has 2 heterocycles. The van der Waals surface area contributed by atoms with Crippen molar-refractivity contribution in [2.75, 3.05) is 5.32 Å². The van der Waals surface area contributed by atoms with Gasteiger partial charge in [-0.1, -0.05) is 17.7 Å². The summed E-state index contributed by atoms with van der Waals surface area (Å²) < 4.78 is 0. The quantitative estimate of drug-likeness (QED) is 0.661. The molecule has 1 aliphatic rings. The van der Waals surface area contributed by atoms with Crippen molar-refractivity contribution in [3.63, 3.8) is 0 Å². The normalized spacial score (nSPS) is 16.1. The minimum atomic E-state index is -0.205. The lowest BCUT2D eigenvalue weighted by Crippen LogP contribution is -2.13. The van der Waals surface area contributed by atoms with E-state index in [1.807, 2.05) is 42.6 Å². The van der Waals surface area contributed by atoms with Gasteiger partial charge in [-0.25, -0.2) is 0 Å². The number of nitrogens with one attached hydrogen (secondary N) is 1. The highest BCUT2D eigenvalue weighted by atomic mass is 32.1. The number of thiophene rings is 1. The predicted molar refractivity (Wildman–Crippen MR) is 78.3 cm³/mol. The maximum atomic E-state index is 11.8. The van der Waals surface area contributed by atoms with Gasteiger partial charge in [-0.05, 0) is 30.5 Å². The van der Waals surface area contributed by atoms with Crippen molar-refractivity contribution in [1.82, 2.24) is 0 Å². The van der Waals surface area contributed by atoms with Crippen LogP contribution in [0.25, 0.3) is 0 Å². The van der Waals surface area contributed by atoms with Crippen LogP contribution in [0.5, 0.6) is 0 Å².